The van der Waals surface area contributed by atoms with Gasteiger partial charge in [-0.1, -0.05) is 12.1 Å². The zero-order valence-electron chi connectivity index (χ0n) is 14.7. The van der Waals surface area contributed by atoms with Gasteiger partial charge in [0.15, 0.2) is 6.61 Å². The molecule has 2 aromatic carbocycles. The van der Waals surface area contributed by atoms with Gasteiger partial charge in [-0.3, -0.25) is 4.79 Å². The average molecular weight is 340 g/mol. The van der Waals surface area contributed by atoms with Crippen molar-refractivity contribution in [2.45, 2.75) is 19.4 Å². The summed E-state index contributed by atoms with van der Waals surface area (Å²) in [5, 5.41) is 2.86. The molecule has 0 aromatic heterocycles. The number of anilines is 2. The highest BCUT2D eigenvalue weighted by Crippen LogP contribution is 2.23. The Labute approximate surface area is 148 Å². The zero-order valence-corrected chi connectivity index (χ0v) is 14.7. The Hall–Kier alpha value is -2.53. The quantitative estimate of drug-likeness (QED) is 0.877. The number of methoxy groups -OCH3 is 1. The molecule has 0 saturated carbocycles. The van der Waals surface area contributed by atoms with E-state index in [2.05, 4.69) is 10.2 Å². The number of rotatable bonds is 6. The number of nitrogens with zero attached hydrogens (tertiary/aromatic N) is 1. The predicted molar refractivity (Wildman–Crippen MR) is 99.4 cm³/mol. The maximum atomic E-state index is 12.0. The molecule has 2 aromatic rings. The maximum absolute atomic E-state index is 12.0. The predicted octanol–water partition coefficient (Wildman–Crippen LogP) is 3.24. The number of ether oxygens (including phenoxy) is 2. The maximum Gasteiger partial charge on any atom is 0.262 e. The fourth-order valence-corrected chi connectivity index (χ4v) is 2.96. The van der Waals surface area contributed by atoms with E-state index in [-0.39, 0.29) is 12.5 Å². The third-order valence-corrected chi connectivity index (χ3v) is 4.35. The van der Waals surface area contributed by atoms with E-state index in [0.29, 0.717) is 11.9 Å². The van der Waals surface area contributed by atoms with Crippen LogP contribution in [0, 0.1) is 6.92 Å². The van der Waals surface area contributed by atoms with Gasteiger partial charge in [-0.15, -0.1) is 0 Å². The van der Waals surface area contributed by atoms with Crippen LogP contribution in [0.3, 0.4) is 0 Å². The normalized spacial score (nSPS) is 16.7. The van der Waals surface area contributed by atoms with E-state index in [1.807, 2.05) is 55.5 Å². The third kappa shape index (κ3) is 4.73. The second-order valence-electron chi connectivity index (χ2n) is 6.29. The molecule has 1 N–H and O–H groups in total. The van der Waals surface area contributed by atoms with E-state index in [0.717, 1.165) is 36.4 Å². The fraction of sp³-hybridized carbons (Fsp3) is 0.350. The number of nitrogens with one attached hydrogen (secondary N) is 1. The summed E-state index contributed by atoms with van der Waals surface area (Å²) in [6.45, 7) is 3.89. The number of carbonyl (C=O) groups is 1. The molecule has 25 heavy (non-hydrogen) atoms. The van der Waals surface area contributed by atoms with Crippen LogP contribution in [0.2, 0.25) is 0 Å². The van der Waals surface area contributed by atoms with Crippen molar-refractivity contribution in [3.05, 3.63) is 54.1 Å². The van der Waals surface area contributed by atoms with Gasteiger partial charge >= 0.3 is 0 Å². The van der Waals surface area contributed by atoms with E-state index in [1.165, 1.54) is 0 Å². The third-order valence-electron chi connectivity index (χ3n) is 4.35. The first-order valence-corrected chi connectivity index (χ1v) is 8.51. The van der Waals surface area contributed by atoms with Gasteiger partial charge in [0.2, 0.25) is 0 Å². The summed E-state index contributed by atoms with van der Waals surface area (Å²) in [6, 6.07) is 15.5. The average Bonchev–Trinajstić information content (AvgIpc) is 3.10. The molecule has 1 aliphatic heterocycles. The van der Waals surface area contributed by atoms with Gasteiger partial charge in [0, 0.05) is 31.6 Å². The fourth-order valence-electron chi connectivity index (χ4n) is 2.96. The van der Waals surface area contributed by atoms with E-state index in [9.17, 15) is 4.79 Å². The molecule has 1 saturated heterocycles. The molecule has 3 rings (SSSR count). The summed E-state index contributed by atoms with van der Waals surface area (Å²) in [5.74, 6) is 0.530. The van der Waals surface area contributed by atoms with Crippen molar-refractivity contribution in [2.75, 3.05) is 37.0 Å². The molecule has 0 bridgehead atoms. The van der Waals surface area contributed by atoms with E-state index in [1.54, 1.807) is 7.11 Å². The Morgan fingerprint density at radius 3 is 2.72 bits per heavy atom. The minimum atomic E-state index is -0.171. The molecule has 1 aliphatic rings. The van der Waals surface area contributed by atoms with Gasteiger partial charge < -0.3 is 19.7 Å². The number of benzene rings is 2. The summed E-state index contributed by atoms with van der Waals surface area (Å²) in [4.78, 5) is 14.3. The Kier molecular flexibility index (Phi) is 5.56. The lowest BCUT2D eigenvalue weighted by atomic mass is 10.2. The first-order valence-electron chi connectivity index (χ1n) is 8.51. The van der Waals surface area contributed by atoms with Gasteiger partial charge in [-0.05, 0) is 55.3 Å². The van der Waals surface area contributed by atoms with Crippen LogP contribution in [-0.2, 0) is 9.53 Å². The second kappa shape index (κ2) is 8.03. The molecule has 132 valence electrons. The van der Waals surface area contributed by atoms with Crippen LogP contribution in [0.25, 0.3) is 0 Å². The standard InChI is InChI=1S/C20H24N2O3/c1-15-4-3-5-18(12-15)25-14-20(23)21-16-6-8-17(9-7-16)22-11-10-19(13-22)24-2/h3-9,12,19H,10-11,13-14H2,1-2H3,(H,21,23). The lowest BCUT2D eigenvalue weighted by Crippen LogP contribution is -2.22. The molecule has 0 spiro atoms. The molecule has 1 fully saturated rings. The van der Waals surface area contributed by atoms with Crippen molar-refractivity contribution in [1.29, 1.82) is 0 Å². The largest absolute Gasteiger partial charge is 0.484 e. The first-order chi connectivity index (χ1) is 12.1. The minimum absolute atomic E-state index is 0.00709. The minimum Gasteiger partial charge on any atom is -0.484 e. The second-order valence-corrected chi connectivity index (χ2v) is 6.29. The SMILES string of the molecule is COC1CCN(c2ccc(NC(=O)COc3cccc(C)c3)cc2)C1. The Balaban J connectivity index is 1.50. The van der Waals surface area contributed by atoms with E-state index in [4.69, 9.17) is 9.47 Å². The number of amides is 1. The van der Waals surface area contributed by atoms with Crippen molar-refractivity contribution < 1.29 is 14.3 Å². The molecule has 1 heterocycles. The summed E-state index contributed by atoms with van der Waals surface area (Å²) in [5.41, 5.74) is 3.02. The highest BCUT2D eigenvalue weighted by Gasteiger charge is 2.22. The summed E-state index contributed by atoms with van der Waals surface area (Å²) in [7, 11) is 1.76. The van der Waals surface area contributed by atoms with Crippen molar-refractivity contribution in [3.8, 4) is 5.75 Å². The molecule has 1 amide bonds. The molecule has 1 atom stereocenters. The van der Waals surface area contributed by atoms with Gasteiger partial charge in [-0.2, -0.15) is 0 Å². The lowest BCUT2D eigenvalue weighted by Gasteiger charge is -2.18. The van der Waals surface area contributed by atoms with Gasteiger partial charge in [0.1, 0.15) is 5.75 Å². The van der Waals surface area contributed by atoms with Crippen LogP contribution in [0.4, 0.5) is 11.4 Å². The van der Waals surface area contributed by atoms with Crippen LogP contribution in [-0.4, -0.2) is 38.8 Å². The number of carbonyl (C=O) groups excluding carboxylic acids is 1. The molecular formula is C20H24N2O3. The van der Waals surface area contributed by atoms with Crippen LogP contribution >= 0.6 is 0 Å². The first kappa shape index (κ1) is 17.3. The molecule has 5 heteroatoms. The number of hydrogen-bond acceptors (Lipinski definition) is 4. The highest BCUT2D eigenvalue weighted by atomic mass is 16.5. The molecule has 5 nitrogen and oxygen atoms in total. The topological polar surface area (TPSA) is 50.8 Å². The van der Waals surface area contributed by atoms with E-state index < -0.39 is 0 Å². The molecular weight excluding hydrogens is 316 g/mol. The molecule has 0 radical (unpaired) electrons. The Morgan fingerprint density at radius 2 is 2.04 bits per heavy atom. The van der Waals surface area contributed by atoms with Gasteiger partial charge in [0.25, 0.3) is 5.91 Å². The van der Waals surface area contributed by atoms with Crippen LogP contribution in [0.1, 0.15) is 12.0 Å². The van der Waals surface area contributed by atoms with Crippen LogP contribution in [0.15, 0.2) is 48.5 Å². The van der Waals surface area contributed by atoms with Gasteiger partial charge in [-0.25, -0.2) is 0 Å². The van der Waals surface area contributed by atoms with Crippen molar-refractivity contribution in [2.24, 2.45) is 0 Å². The lowest BCUT2D eigenvalue weighted by molar-refractivity contribution is -0.118. The van der Waals surface area contributed by atoms with Crippen molar-refractivity contribution >= 4 is 17.3 Å². The monoisotopic (exact) mass is 340 g/mol. The van der Waals surface area contributed by atoms with E-state index >= 15 is 0 Å². The molecule has 0 aliphatic carbocycles. The highest BCUT2D eigenvalue weighted by molar-refractivity contribution is 5.92. The summed E-state index contributed by atoms with van der Waals surface area (Å²) in [6.07, 6.45) is 1.35. The summed E-state index contributed by atoms with van der Waals surface area (Å²) < 4.78 is 10.9. The molecule has 1 unspecified atom stereocenters. The Bertz CT molecular complexity index is 715. The van der Waals surface area contributed by atoms with Crippen LogP contribution in [0.5, 0.6) is 5.75 Å². The smallest absolute Gasteiger partial charge is 0.262 e. The Morgan fingerprint density at radius 1 is 1.24 bits per heavy atom. The van der Waals surface area contributed by atoms with Crippen molar-refractivity contribution in [3.63, 3.8) is 0 Å². The van der Waals surface area contributed by atoms with Crippen LogP contribution < -0.4 is 15.0 Å². The number of hydrogen-bond donors (Lipinski definition) is 1. The van der Waals surface area contributed by atoms with Crippen molar-refractivity contribution in [1.82, 2.24) is 0 Å². The number of aryl methyl sites for hydroxylation is 1. The summed E-state index contributed by atoms with van der Waals surface area (Å²) >= 11 is 0. The van der Waals surface area contributed by atoms with Gasteiger partial charge in [0.05, 0.1) is 6.10 Å². The zero-order chi connectivity index (χ0) is 17.6.